The smallest absolute Gasteiger partial charge is 0.264 e. The van der Waals surface area contributed by atoms with Gasteiger partial charge in [0.2, 0.25) is 5.91 Å². The van der Waals surface area contributed by atoms with Gasteiger partial charge in [-0.2, -0.15) is 0 Å². The van der Waals surface area contributed by atoms with Crippen LogP contribution >= 0.6 is 0 Å². The first-order valence-corrected chi connectivity index (χ1v) is 6.82. The van der Waals surface area contributed by atoms with Gasteiger partial charge in [-0.1, -0.05) is 52.8 Å². The number of alkyl halides is 2. The molecule has 20 heavy (non-hydrogen) atoms. The zero-order valence-corrected chi connectivity index (χ0v) is 12.8. The molecule has 0 unspecified atom stereocenters. The summed E-state index contributed by atoms with van der Waals surface area (Å²) in [5.41, 5.74) is 1.10. The van der Waals surface area contributed by atoms with Crippen LogP contribution in [-0.4, -0.2) is 5.91 Å². The Morgan fingerprint density at radius 3 is 2.25 bits per heavy atom. The highest BCUT2D eigenvalue weighted by molar-refractivity contribution is 5.81. The van der Waals surface area contributed by atoms with E-state index in [1.165, 1.54) is 6.07 Å². The second-order valence-corrected chi connectivity index (χ2v) is 6.35. The van der Waals surface area contributed by atoms with Gasteiger partial charge in [-0.05, 0) is 17.0 Å². The predicted octanol–water partition coefficient (Wildman–Crippen LogP) is 4.41. The maximum atomic E-state index is 12.9. The van der Waals surface area contributed by atoms with Crippen LogP contribution in [-0.2, 0) is 11.3 Å². The highest BCUT2D eigenvalue weighted by Crippen LogP contribution is 2.29. The van der Waals surface area contributed by atoms with Gasteiger partial charge in [-0.3, -0.25) is 4.79 Å². The highest BCUT2D eigenvalue weighted by atomic mass is 19.3. The van der Waals surface area contributed by atoms with Crippen LogP contribution in [0.25, 0.3) is 0 Å². The summed E-state index contributed by atoms with van der Waals surface area (Å²) >= 11 is 0. The number of halogens is 2. The van der Waals surface area contributed by atoms with Crippen LogP contribution in [0.4, 0.5) is 8.78 Å². The maximum absolute atomic E-state index is 12.9. The van der Waals surface area contributed by atoms with Gasteiger partial charge >= 0.3 is 0 Å². The molecule has 112 valence electrons. The lowest BCUT2D eigenvalue weighted by Gasteiger charge is -2.19. The molecule has 0 spiro atoms. The van der Waals surface area contributed by atoms with Gasteiger partial charge in [0.15, 0.2) is 0 Å². The average Bonchev–Trinajstić information content (AvgIpc) is 2.34. The number of carbonyl (C=O) groups is 1. The molecule has 2 nitrogen and oxygen atoms in total. The molecule has 0 fully saturated rings. The Morgan fingerprint density at radius 1 is 1.20 bits per heavy atom. The minimum absolute atomic E-state index is 0.0252. The van der Waals surface area contributed by atoms with Crippen LogP contribution in [0.1, 0.15) is 63.7 Å². The minimum Gasteiger partial charge on any atom is -0.352 e. The molecule has 0 heterocycles. The van der Waals surface area contributed by atoms with E-state index in [9.17, 15) is 13.6 Å². The highest BCUT2D eigenvalue weighted by Gasteiger charge is 2.21. The summed E-state index contributed by atoms with van der Waals surface area (Å²) in [6, 6.07) is 4.87. The van der Waals surface area contributed by atoms with E-state index in [0.29, 0.717) is 12.1 Å². The molecular formula is C16H23F2NO. The lowest BCUT2D eigenvalue weighted by Crippen LogP contribution is -2.34. The Morgan fingerprint density at radius 2 is 1.80 bits per heavy atom. The fourth-order valence-electron chi connectivity index (χ4n) is 1.88. The predicted molar refractivity (Wildman–Crippen MR) is 76.8 cm³/mol. The molecule has 0 bridgehead atoms. The largest absolute Gasteiger partial charge is 0.352 e. The summed E-state index contributed by atoms with van der Waals surface area (Å²) in [7, 11) is 0. The normalized spacial score (nSPS) is 12.1. The van der Waals surface area contributed by atoms with E-state index in [1.54, 1.807) is 12.1 Å². The summed E-state index contributed by atoms with van der Waals surface area (Å²) in [4.78, 5) is 11.8. The number of benzene rings is 1. The third-order valence-corrected chi connectivity index (χ3v) is 3.14. The van der Waals surface area contributed by atoms with Gasteiger partial charge < -0.3 is 5.32 Å². The second-order valence-electron chi connectivity index (χ2n) is 6.35. The monoisotopic (exact) mass is 283 g/mol. The molecule has 1 rings (SSSR count). The number of hydrogen-bond acceptors (Lipinski definition) is 1. The molecule has 0 aliphatic heterocycles. The molecule has 0 aromatic heterocycles. The van der Waals surface area contributed by atoms with E-state index in [4.69, 9.17) is 0 Å². The summed E-state index contributed by atoms with van der Waals surface area (Å²) in [6.07, 6.45) is -2.47. The van der Waals surface area contributed by atoms with Crippen molar-refractivity contribution in [1.29, 1.82) is 0 Å². The number of amides is 1. The van der Waals surface area contributed by atoms with Crippen molar-refractivity contribution in [1.82, 2.24) is 5.32 Å². The van der Waals surface area contributed by atoms with E-state index in [1.807, 2.05) is 34.6 Å². The first-order valence-electron chi connectivity index (χ1n) is 6.82. The summed E-state index contributed by atoms with van der Waals surface area (Å²) < 4.78 is 25.8. The standard InChI is InChI=1S/C16H23F2NO/c1-10(2)13-8-11(6-7-12(13)14(17)18)9-19-15(20)16(3,4)5/h6-8,10,14H,9H2,1-5H3,(H,19,20). The molecule has 1 aromatic carbocycles. The Balaban J connectivity index is 2.88. The molecule has 0 aliphatic carbocycles. The van der Waals surface area contributed by atoms with E-state index in [-0.39, 0.29) is 17.4 Å². The Kier molecular flexibility index (Phi) is 5.26. The van der Waals surface area contributed by atoms with Crippen molar-refractivity contribution in [3.05, 3.63) is 34.9 Å². The van der Waals surface area contributed by atoms with Crippen molar-refractivity contribution in [3.63, 3.8) is 0 Å². The first-order chi connectivity index (χ1) is 9.12. The topological polar surface area (TPSA) is 29.1 Å². The molecule has 4 heteroatoms. The summed E-state index contributed by atoms with van der Waals surface area (Å²) in [6.45, 7) is 9.64. The van der Waals surface area contributed by atoms with Crippen molar-refractivity contribution in [2.75, 3.05) is 0 Å². The molecule has 1 aromatic rings. The van der Waals surface area contributed by atoms with Crippen LogP contribution in [0.15, 0.2) is 18.2 Å². The van der Waals surface area contributed by atoms with Gasteiger partial charge in [-0.15, -0.1) is 0 Å². The van der Waals surface area contributed by atoms with Gasteiger partial charge in [0, 0.05) is 17.5 Å². The Labute approximate surface area is 119 Å². The van der Waals surface area contributed by atoms with Crippen molar-refractivity contribution in [2.45, 2.75) is 53.5 Å². The minimum atomic E-state index is -2.47. The van der Waals surface area contributed by atoms with Gasteiger partial charge in [0.1, 0.15) is 0 Å². The molecule has 0 atom stereocenters. The summed E-state index contributed by atoms with van der Waals surface area (Å²) in [5, 5.41) is 2.83. The van der Waals surface area contributed by atoms with Crippen LogP contribution in [0, 0.1) is 5.41 Å². The van der Waals surface area contributed by atoms with Gasteiger partial charge in [0.25, 0.3) is 6.43 Å². The third kappa shape index (κ3) is 4.29. The lowest BCUT2D eigenvalue weighted by molar-refractivity contribution is -0.128. The van der Waals surface area contributed by atoms with E-state index < -0.39 is 11.8 Å². The van der Waals surface area contributed by atoms with Crippen LogP contribution < -0.4 is 5.32 Å². The molecular weight excluding hydrogens is 260 g/mol. The number of rotatable bonds is 4. The number of carbonyl (C=O) groups excluding carboxylic acids is 1. The van der Waals surface area contributed by atoms with Crippen molar-refractivity contribution in [2.24, 2.45) is 5.41 Å². The van der Waals surface area contributed by atoms with Crippen LogP contribution in [0.3, 0.4) is 0 Å². The fraction of sp³-hybridized carbons (Fsp3) is 0.562. The molecule has 1 amide bonds. The Hall–Kier alpha value is -1.45. The third-order valence-electron chi connectivity index (χ3n) is 3.14. The lowest BCUT2D eigenvalue weighted by atomic mass is 9.94. The molecule has 1 N–H and O–H groups in total. The average molecular weight is 283 g/mol. The van der Waals surface area contributed by atoms with E-state index in [0.717, 1.165) is 5.56 Å². The van der Waals surface area contributed by atoms with Crippen LogP contribution in [0.2, 0.25) is 0 Å². The first kappa shape index (κ1) is 16.6. The zero-order valence-electron chi connectivity index (χ0n) is 12.8. The molecule has 0 saturated heterocycles. The number of hydrogen-bond donors (Lipinski definition) is 1. The summed E-state index contributed by atoms with van der Waals surface area (Å²) in [5.74, 6) is -0.0289. The second kappa shape index (κ2) is 6.33. The molecule has 0 saturated carbocycles. The van der Waals surface area contributed by atoms with Crippen molar-refractivity contribution >= 4 is 5.91 Å². The SMILES string of the molecule is CC(C)c1cc(CNC(=O)C(C)(C)C)ccc1C(F)F. The van der Waals surface area contributed by atoms with E-state index in [2.05, 4.69) is 5.32 Å². The zero-order chi connectivity index (χ0) is 15.5. The molecule has 0 aliphatic rings. The molecule has 0 radical (unpaired) electrons. The quantitative estimate of drug-likeness (QED) is 0.871. The number of nitrogens with one attached hydrogen (secondary N) is 1. The fourth-order valence-corrected chi connectivity index (χ4v) is 1.88. The van der Waals surface area contributed by atoms with Crippen molar-refractivity contribution in [3.8, 4) is 0 Å². The van der Waals surface area contributed by atoms with E-state index >= 15 is 0 Å². The van der Waals surface area contributed by atoms with Gasteiger partial charge in [0.05, 0.1) is 0 Å². The van der Waals surface area contributed by atoms with Crippen LogP contribution in [0.5, 0.6) is 0 Å². The van der Waals surface area contributed by atoms with Crippen molar-refractivity contribution < 1.29 is 13.6 Å². The van der Waals surface area contributed by atoms with Gasteiger partial charge in [-0.25, -0.2) is 8.78 Å². The maximum Gasteiger partial charge on any atom is 0.264 e. The Bertz CT molecular complexity index is 476.